The third-order valence-corrected chi connectivity index (χ3v) is 2.48. The van der Waals surface area contributed by atoms with Gasteiger partial charge in [0.15, 0.2) is 0 Å². The van der Waals surface area contributed by atoms with Crippen molar-refractivity contribution in [1.82, 2.24) is 4.90 Å². The molecule has 0 saturated carbocycles. The maximum Gasteiger partial charge on any atom is 0.413 e. The molecule has 0 aromatic heterocycles. The highest BCUT2D eigenvalue weighted by Crippen LogP contribution is 2.29. The Balaban J connectivity index is 2.83. The number of esters is 1. The van der Waals surface area contributed by atoms with Crippen molar-refractivity contribution in [2.75, 3.05) is 13.7 Å². The summed E-state index contributed by atoms with van der Waals surface area (Å²) in [7, 11) is 1.17. The third kappa shape index (κ3) is 2.88. The summed E-state index contributed by atoms with van der Waals surface area (Å²) in [5, 5.41) is 10.1. The fourth-order valence-electron chi connectivity index (χ4n) is 1.74. The minimum absolute atomic E-state index is 0.166. The largest absolute Gasteiger partial charge is 0.465 e. The molecule has 1 aliphatic rings. The van der Waals surface area contributed by atoms with Gasteiger partial charge in [0, 0.05) is 13.0 Å². The summed E-state index contributed by atoms with van der Waals surface area (Å²) in [6.45, 7) is 5.44. The molecule has 98 valence electrons. The molecule has 0 spiro atoms. The summed E-state index contributed by atoms with van der Waals surface area (Å²) in [4.78, 5) is 24.3. The van der Waals surface area contributed by atoms with Gasteiger partial charge >= 0.3 is 12.1 Å². The zero-order chi connectivity index (χ0) is 13.3. The maximum atomic E-state index is 11.8. The van der Waals surface area contributed by atoms with Crippen molar-refractivity contribution < 1.29 is 24.2 Å². The van der Waals surface area contributed by atoms with E-state index in [2.05, 4.69) is 4.74 Å². The Bertz CT molecular complexity index is 322. The number of amides is 1. The number of ether oxygens (including phenoxy) is 2. The molecule has 1 atom stereocenters. The summed E-state index contributed by atoms with van der Waals surface area (Å²) in [5.74, 6) is -0.833. The number of rotatable bonds is 1. The van der Waals surface area contributed by atoms with E-state index in [-0.39, 0.29) is 13.0 Å². The quantitative estimate of drug-likeness (QED) is 0.694. The van der Waals surface area contributed by atoms with Crippen LogP contribution in [0.4, 0.5) is 4.79 Å². The van der Waals surface area contributed by atoms with Crippen LogP contribution in [-0.2, 0) is 14.3 Å². The van der Waals surface area contributed by atoms with Crippen LogP contribution < -0.4 is 0 Å². The number of likely N-dealkylation sites (tertiary alicyclic amines) is 1. The van der Waals surface area contributed by atoms with Crippen molar-refractivity contribution in [1.29, 1.82) is 0 Å². The van der Waals surface area contributed by atoms with Gasteiger partial charge in [0.25, 0.3) is 0 Å². The topological polar surface area (TPSA) is 76.1 Å². The van der Waals surface area contributed by atoms with Gasteiger partial charge in [-0.3, -0.25) is 4.90 Å². The summed E-state index contributed by atoms with van der Waals surface area (Å²) in [6, 6.07) is 0. The molecule has 17 heavy (non-hydrogen) atoms. The lowest BCUT2D eigenvalue weighted by Crippen LogP contribution is -2.54. The molecular formula is C11H19NO5. The van der Waals surface area contributed by atoms with Gasteiger partial charge in [-0.2, -0.15) is 0 Å². The number of hydrogen-bond acceptors (Lipinski definition) is 5. The van der Waals surface area contributed by atoms with Gasteiger partial charge < -0.3 is 14.6 Å². The standard InChI is InChI=1S/C11H19NO5/c1-10(2,3)17-9(14)12-7-5-6-11(12,15)8(13)16-4/h15H,5-7H2,1-4H3. The van der Waals surface area contributed by atoms with E-state index >= 15 is 0 Å². The normalized spacial score (nSPS) is 24.6. The maximum absolute atomic E-state index is 11.8. The Hall–Kier alpha value is -1.30. The van der Waals surface area contributed by atoms with E-state index in [9.17, 15) is 14.7 Å². The molecule has 1 unspecified atom stereocenters. The van der Waals surface area contributed by atoms with Crippen molar-refractivity contribution in [3.05, 3.63) is 0 Å². The number of nitrogens with zero attached hydrogens (tertiary/aromatic N) is 1. The van der Waals surface area contributed by atoms with Crippen LogP contribution in [0, 0.1) is 0 Å². The van der Waals surface area contributed by atoms with Gasteiger partial charge in [0.1, 0.15) is 5.60 Å². The lowest BCUT2D eigenvalue weighted by atomic mass is 10.1. The Morgan fingerprint density at radius 1 is 1.35 bits per heavy atom. The van der Waals surface area contributed by atoms with Crippen molar-refractivity contribution in [3.8, 4) is 0 Å². The number of methoxy groups -OCH3 is 1. The van der Waals surface area contributed by atoms with Crippen LogP contribution in [-0.4, -0.2) is 47.0 Å². The van der Waals surface area contributed by atoms with Gasteiger partial charge in [-0.25, -0.2) is 9.59 Å². The second-order valence-electron chi connectivity index (χ2n) is 5.04. The minimum atomic E-state index is -1.89. The van der Waals surface area contributed by atoms with Crippen molar-refractivity contribution in [2.24, 2.45) is 0 Å². The zero-order valence-electron chi connectivity index (χ0n) is 10.6. The molecule has 1 aliphatic heterocycles. The highest BCUT2D eigenvalue weighted by Gasteiger charge is 2.50. The fourth-order valence-corrected chi connectivity index (χ4v) is 1.74. The highest BCUT2D eigenvalue weighted by atomic mass is 16.6. The lowest BCUT2D eigenvalue weighted by Gasteiger charge is -2.32. The molecule has 1 N–H and O–H groups in total. The second-order valence-corrected chi connectivity index (χ2v) is 5.04. The molecule has 0 aromatic rings. The van der Waals surface area contributed by atoms with Gasteiger partial charge in [-0.1, -0.05) is 0 Å². The van der Waals surface area contributed by atoms with Gasteiger partial charge in [-0.05, 0) is 27.2 Å². The first-order valence-electron chi connectivity index (χ1n) is 5.52. The van der Waals surface area contributed by atoms with Gasteiger partial charge in [0.2, 0.25) is 5.72 Å². The van der Waals surface area contributed by atoms with Crippen molar-refractivity contribution in [3.63, 3.8) is 0 Å². The molecule has 6 nitrogen and oxygen atoms in total. The van der Waals surface area contributed by atoms with Crippen LogP contribution in [0.3, 0.4) is 0 Å². The summed E-state index contributed by atoms with van der Waals surface area (Å²) in [5.41, 5.74) is -2.56. The van der Waals surface area contributed by atoms with E-state index in [0.29, 0.717) is 6.42 Å². The lowest BCUT2D eigenvalue weighted by molar-refractivity contribution is -0.178. The van der Waals surface area contributed by atoms with Gasteiger partial charge in [0.05, 0.1) is 7.11 Å². The van der Waals surface area contributed by atoms with Crippen molar-refractivity contribution >= 4 is 12.1 Å². The van der Waals surface area contributed by atoms with E-state index in [1.807, 2.05) is 0 Å². The summed E-state index contributed by atoms with van der Waals surface area (Å²) < 4.78 is 9.64. The predicted molar refractivity (Wildman–Crippen MR) is 59.1 cm³/mol. The van der Waals surface area contributed by atoms with Crippen LogP contribution in [0.25, 0.3) is 0 Å². The molecule has 0 bridgehead atoms. The van der Waals surface area contributed by atoms with E-state index in [1.165, 1.54) is 7.11 Å². The first-order chi connectivity index (χ1) is 7.70. The highest BCUT2D eigenvalue weighted by molar-refractivity contribution is 5.84. The molecule has 1 amide bonds. The van der Waals surface area contributed by atoms with Crippen LogP contribution in [0.15, 0.2) is 0 Å². The smallest absolute Gasteiger partial charge is 0.413 e. The molecule has 1 saturated heterocycles. The fraction of sp³-hybridized carbons (Fsp3) is 0.818. The molecule has 0 aliphatic carbocycles. The Labute approximate surface area is 100 Å². The number of aliphatic hydroxyl groups is 1. The molecule has 1 fully saturated rings. The van der Waals surface area contributed by atoms with Crippen molar-refractivity contribution in [2.45, 2.75) is 44.9 Å². The predicted octanol–water partition coefficient (Wildman–Crippen LogP) is 0.879. The summed E-state index contributed by atoms with van der Waals surface area (Å²) in [6.07, 6.45) is -0.00747. The summed E-state index contributed by atoms with van der Waals surface area (Å²) >= 11 is 0. The van der Waals surface area contributed by atoms with E-state index < -0.39 is 23.4 Å². The Morgan fingerprint density at radius 2 is 1.94 bits per heavy atom. The monoisotopic (exact) mass is 245 g/mol. The third-order valence-electron chi connectivity index (χ3n) is 2.48. The van der Waals surface area contributed by atoms with Crippen LogP contribution in [0.1, 0.15) is 33.6 Å². The van der Waals surface area contributed by atoms with E-state index in [1.54, 1.807) is 20.8 Å². The molecule has 0 radical (unpaired) electrons. The molecule has 0 aromatic carbocycles. The van der Waals surface area contributed by atoms with Gasteiger partial charge in [-0.15, -0.1) is 0 Å². The Morgan fingerprint density at radius 3 is 2.41 bits per heavy atom. The second kappa shape index (κ2) is 4.52. The number of carbonyl (C=O) groups is 2. The van der Waals surface area contributed by atoms with Crippen LogP contribution in [0.2, 0.25) is 0 Å². The minimum Gasteiger partial charge on any atom is -0.465 e. The zero-order valence-corrected chi connectivity index (χ0v) is 10.6. The molecule has 1 rings (SSSR count). The SMILES string of the molecule is COC(=O)C1(O)CCCN1C(=O)OC(C)(C)C. The van der Waals surface area contributed by atoms with Crippen LogP contribution >= 0.6 is 0 Å². The van der Waals surface area contributed by atoms with Crippen LogP contribution in [0.5, 0.6) is 0 Å². The Kier molecular flexibility index (Phi) is 3.66. The number of hydrogen-bond donors (Lipinski definition) is 1. The molecule has 1 heterocycles. The van der Waals surface area contributed by atoms with E-state index in [0.717, 1.165) is 4.90 Å². The average Bonchev–Trinajstić information content (AvgIpc) is 2.58. The first-order valence-corrected chi connectivity index (χ1v) is 5.52. The molecule has 6 heteroatoms. The first kappa shape index (κ1) is 13.8. The molecular weight excluding hydrogens is 226 g/mol. The number of carbonyl (C=O) groups excluding carboxylic acids is 2. The average molecular weight is 245 g/mol. The van der Waals surface area contributed by atoms with E-state index in [4.69, 9.17) is 4.74 Å².